The van der Waals surface area contributed by atoms with Crippen molar-refractivity contribution in [3.8, 4) is 5.75 Å². The normalized spacial score (nSPS) is 18.5. The number of nitrogens with zero attached hydrogens (tertiary/aromatic N) is 2. The van der Waals surface area contributed by atoms with Crippen molar-refractivity contribution in [3.63, 3.8) is 0 Å². The third kappa shape index (κ3) is 5.78. The lowest BCUT2D eigenvalue weighted by Gasteiger charge is -2.31. The van der Waals surface area contributed by atoms with Crippen LogP contribution < -0.4 is 10.1 Å². The number of ether oxygens (including phenoxy) is 2. The molecule has 0 bridgehead atoms. The standard InChI is InChI=1S/C25H33N3O5S/c1-19-3-5-20(6-4-19)18-27-11-9-21(10-12-27)25(29)26-23-17-22(7-8-24(23)32-2)34(30,31)28-13-15-33-16-14-28/h3-8,17,21H,9-16,18H2,1-2H3,(H,26,29). The van der Waals surface area contributed by atoms with Gasteiger partial charge >= 0.3 is 0 Å². The Bertz CT molecular complexity index is 1090. The Labute approximate surface area is 201 Å². The number of carbonyl (C=O) groups is 1. The van der Waals surface area contributed by atoms with Gasteiger partial charge in [0.2, 0.25) is 15.9 Å². The number of aryl methyl sites for hydroxylation is 1. The summed E-state index contributed by atoms with van der Waals surface area (Å²) in [5.41, 5.74) is 2.90. The summed E-state index contributed by atoms with van der Waals surface area (Å²) in [5, 5.41) is 2.93. The second-order valence-corrected chi connectivity index (χ2v) is 10.8. The molecule has 0 unspecified atom stereocenters. The second-order valence-electron chi connectivity index (χ2n) is 8.90. The Morgan fingerprint density at radius 3 is 2.38 bits per heavy atom. The fourth-order valence-electron chi connectivity index (χ4n) is 4.42. The van der Waals surface area contributed by atoms with E-state index in [4.69, 9.17) is 9.47 Å². The summed E-state index contributed by atoms with van der Waals surface area (Å²) in [6.45, 7) is 6.03. The van der Waals surface area contributed by atoms with E-state index in [0.717, 1.165) is 32.5 Å². The first kappa shape index (κ1) is 24.7. The topological polar surface area (TPSA) is 88.2 Å². The van der Waals surface area contributed by atoms with E-state index in [1.54, 1.807) is 6.07 Å². The van der Waals surface area contributed by atoms with Crippen LogP contribution in [0, 0.1) is 12.8 Å². The molecule has 0 radical (unpaired) electrons. The summed E-state index contributed by atoms with van der Waals surface area (Å²) in [5.74, 6) is 0.207. The van der Waals surface area contributed by atoms with E-state index in [9.17, 15) is 13.2 Å². The Balaban J connectivity index is 1.39. The van der Waals surface area contributed by atoms with E-state index in [1.165, 1.54) is 34.7 Å². The SMILES string of the molecule is COc1ccc(S(=O)(=O)N2CCOCC2)cc1NC(=O)C1CCN(Cc2ccc(C)cc2)CC1. The van der Waals surface area contributed by atoms with Crippen LogP contribution in [0.3, 0.4) is 0 Å². The van der Waals surface area contributed by atoms with Gasteiger partial charge in [-0.2, -0.15) is 4.31 Å². The van der Waals surface area contributed by atoms with E-state index in [-0.39, 0.29) is 16.7 Å². The smallest absolute Gasteiger partial charge is 0.243 e. The molecule has 0 aliphatic carbocycles. The molecule has 0 spiro atoms. The van der Waals surface area contributed by atoms with E-state index in [2.05, 4.69) is 41.4 Å². The maximum atomic E-state index is 13.0. The lowest BCUT2D eigenvalue weighted by molar-refractivity contribution is -0.121. The van der Waals surface area contributed by atoms with Crippen molar-refractivity contribution in [3.05, 3.63) is 53.6 Å². The number of amides is 1. The molecule has 0 atom stereocenters. The van der Waals surface area contributed by atoms with Crippen LogP contribution in [0.4, 0.5) is 5.69 Å². The van der Waals surface area contributed by atoms with Crippen LogP contribution in [0.25, 0.3) is 0 Å². The molecule has 184 valence electrons. The van der Waals surface area contributed by atoms with Crippen LogP contribution in [-0.4, -0.2) is 70.0 Å². The molecule has 2 aliphatic rings. The summed E-state index contributed by atoms with van der Waals surface area (Å²) in [4.78, 5) is 15.5. The average molecular weight is 488 g/mol. The Hall–Kier alpha value is -2.46. The summed E-state index contributed by atoms with van der Waals surface area (Å²) >= 11 is 0. The highest BCUT2D eigenvalue weighted by molar-refractivity contribution is 7.89. The number of hydrogen-bond donors (Lipinski definition) is 1. The summed E-state index contributed by atoms with van der Waals surface area (Å²) in [6, 6.07) is 13.1. The number of morpholine rings is 1. The summed E-state index contributed by atoms with van der Waals surface area (Å²) < 4.78 is 38.2. The zero-order valence-electron chi connectivity index (χ0n) is 19.8. The van der Waals surface area contributed by atoms with Crippen molar-refractivity contribution >= 4 is 21.6 Å². The molecular formula is C25H33N3O5S. The molecule has 2 fully saturated rings. The Kier molecular flexibility index (Phi) is 7.88. The van der Waals surface area contributed by atoms with Crippen molar-refractivity contribution < 1.29 is 22.7 Å². The minimum atomic E-state index is -3.67. The molecule has 2 heterocycles. The van der Waals surface area contributed by atoms with Gasteiger partial charge in [-0.15, -0.1) is 0 Å². The van der Waals surface area contributed by atoms with E-state index >= 15 is 0 Å². The molecule has 34 heavy (non-hydrogen) atoms. The molecule has 4 rings (SSSR count). The van der Waals surface area contributed by atoms with Gasteiger partial charge in [-0.05, 0) is 56.6 Å². The maximum Gasteiger partial charge on any atom is 0.243 e. The summed E-state index contributed by atoms with van der Waals surface area (Å²) in [6.07, 6.45) is 1.51. The molecular weight excluding hydrogens is 454 g/mol. The third-order valence-electron chi connectivity index (χ3n) is 6.52. The van der Waals surface area contributed by atoms with Gasteiger partial charge < -0.3 is 14.8 Å². The van der Waals surface area contributed by atoms with Gasteiger partial charge in [-0.1, -0.05) is 29.8 Å². The molecule has 1 amide bonds. The predicted octanol–water partition coefficient (Wildman–Crippen LogP) is 2.88. The van der Waals surface area contributed by atoms with Crippen molar-refractivity contribution in [2.45, 2.75) is 31.2 Å². The largest absolute Gasteiger partial charge is 0.495 e. The van der Waals surface area contributed by atoms with Gasteiger partial charge in [0, 0.05) is 25.6 Å². The molecule has 8 nitrogen and oxygen atoms in total. The number of carbonyl (C=O) groups excluding carboxylic acids is 1. The number of hydrogen-bond acceptors (Lipinski definition) is 6. The minimum absolute atomic E-state index is 0.103. The number of sulfonamides is 1. The molecule has 9 heteroatoms. The van der Waals surface area contributed by atoms with Crippen molar-refractivity contribution in [2.24, 2.45) is 5.92 Å². The summed E-state index contributed by atoms with van der Waals surface area (Å²) in [7, 11) is -2.17. The van der Waals surface area contributed by atoms with Crippen molar-refractivity contribution in [2.75, 3.05) is 51.8 Å². The lowest BCUT2D eigenvalue weighted by Crippen LogP contribution is -2.40. The number of anilines is 1. The van der Waals surface area contributed by atoms with Gasteiger partial charge in [-0.25, -0.2) is 8.42 Å². The van der Waals surface area contributed by atoms with Gasteiger partial charge in [0.05, 0.1) is 30.9 Å². The van der Waals surface area contributed by atoms with Crippen LogP contribution >= 0.6 is 0 Å². The highest BCUT2D eigenvalue weighted by Gasteiger charge is 2.29. The monoisotopic (exact) mass is 487 g/mol. The Morgan fingerprint density at radius 1 is 1.06 bits per heavy atom. The number of methoxy groups -OCH3 is 1. The molecule has 1 N–H and O–H groups in total. The highest BCUT2D eigenvalue weighted by atomic mass is 32.2. The number of rotatable bonds is 7. The zero-order chi connectivity index (χ0) is 24.1. The van der Waals surface area contributed by atoms with Crippen LogP contribution in [0.15, 0.2) is 47.4 Å². The molecule has 2 aromatic rings. The minimum Gasteiger partial charge on any atom is -0.495 e. The molecule has 2 aromatic carbocycles. The van der Waals surface area contributed by atoms with Crippen LogP contribution in [0.1, 0.15) is 24.0 Å². The van der Waals surface area contributed by atoms with Gasteiger partial charge in [0.1, 0.15) is 5.75 Å². The molecule has 0 saturated carbocycles. The first-order chi connectivity index (χ1) is 16.4. The van der Waals surface area contributed by atoms with E-state index in [0.29, 0.717) is 37.7 Å². The second kappa shape index (κ2) is 10.9. The first-order valence-electron chi connectivity index (χ1n) is 11.7. The molecule has 2 aliphatic heterocycles. The van der Waals surface area contributed by atoms with Crippen LogP contribution in [-0.2, 0) is 26.1 Å². The number of piperidine rings is 1. The fraction of sp³-hybridized carbons (Fsp3) is 0.480. The van der Waals surface area contributed by atoms with Crippen LogP contribution in [0.5, 0.6) is 5.75 Å². The van der Waals surface area contributed by atoms with Gasteiger partial charge in [0.15, 0.2) is 0 Å². The number of nitrogens with one attached hydrogen (secondary N) is 1. The highest BCUT2D eigenvalue weighted by Crippen LogP contribution is 2.30. The number of likely N-dealkylation sites (tertiary alicyclic amines) is 1. The van der Waals surface area contributed by atoms with Crippen LogP contribution in [0.2, 0.25) is 0 Å². The van der Waals surface area contributed by atoms with Crippen molar-refractivity contribution in [1.82, 2.24) is 9.21 Å². The first-order valence-corrected chi connectivity index (χ1v) is 13.2. The Morgan fingerprint density at radius 2 is 1.74 bits per heavy atom. The zero-order valence-corrected chi connectivity index (χ0v) is 20.6. The molecule has 0 aromatic heterocycles. The quantitative estimate of drug-likeness (QED) is 0.646. The maximum absolute atomic E-state index is 13.0. The van der Waals surface area contributed by atoms with Crippen molar-refractivity contribution in [1.29, 1.82) is 0 Å². The predicted molar refractivity (Wildman–Crippen MR) is 130 cm³/mol. The average Bonchev–Trinajstić information content (AvgIpc) is 2.86. The van der Waals surface area contributed by atoms with Gasteiger partial charge in [0.25, 0.3) is 0 Å². The van der Waals surface area contributed by atoms with E-state index in [1.807, 2.05) is 0 Å². The fourth-order valence-corrected chi connectivity index (χ4v) is 5.86. The number of benzene rings is 2. The molecule has 2 saturated heterocycles. The van der Waals surface area contributed by atoms with E-state index < -0.39 is 10.0 Å². The third-order valence-corrected chi connectivity index (χ3v) is 8.42. The van der Waals surface area contributed by atoms with Gasteiger partial charge in [-0.3, -0.25) is 9.69 Å². The lowest BCUT2D eigenvalue weighted by atomic mass is 9.95.